The van der Waals surface area contributed by atoms with E-state index in [4.69, 9.17) is 15.1 Å². The van der Waals surface area contributed by atoms with Crippen LogP contribution in [0.5, 0.6) is 11.5 Å². The molecule has 4 rings (SSSR count). The quantitative estimate of drug-likeness (QED) is 0.460. The number of benzene rings is 1. The van der Waals surface area contributed by atoms with Gasteiger partial charge in [0.05, 0.1) is 30.9 Å². The van der Waals surface area contributed by atoms with E-state index in [-0.39, 0.29) is 48.8 Å². The molecule has 1 unspecified atom stereocenters. The third-order valence-corrected chi connectivity index (χ3v) is 5.27. The summed E-state index contributed by atoms with van der Waals surface area (Å²) >= 11 is 0. The molecule has 1 amide bonds. The van der Waals surface area contributed by atoms with Crippen molar-refractivity contribution >= 4 is 18.6 Å². The zero-order chi connectivity index (χ0) is 21.6. The molecule has 0 saturated carbocycles. The van der Waals surface area contributed by atoms with Crippen molar-refractivity contribution in [2.24, 2.45) is 12.8 Å². The van der Waals surface area contributed by atoms with Crippen LogP contribution >= 0.6 is 0 Å². The van der Waals surface area contributed by atoms with Crippen molar-refractivity contribution in [1.29, 1.82) is 0 Å². The lowest BCUT2D eigenvalue weighted by Crippen LogP contribution is -2.58. The molecule has 30 heavy (non-hydrogen) atoms. The Balaban J connectivity index is 1.45. The standard InChI is InChI=1S/C18H22BN4O7/c1-22-8-12(21-9-22)15(20)17(24)23-6-11(7-23)29-13-3-2-10-4-5-19(27,28)30-16(10)14(13)18(25)26/h2-3,8-9,11,15,27-28H,4-7,20H2,1H3,(H,25,26)/q-1. The van der Waals surface area contributed by atoms with Crippen LogP contribution in [0.3, 0.4) is 0 Å². The molecule has 0 spiro atoms. The Labute approximate surface area is 171 Å². The summed E-state index contributed by atoms with van der Waals surface area (Å²) in [7, 11) is 1.78. The van der Waals surface area contributed by atoms with E-state index >= 15 is 0 Å². The summed E-state index contributed by atoms with van der Waals surface area (Å²) in [5, 5.41) is 29.2. The van der Waals surface area contributed by atoms with Gasteiger partial charge in [0.25, 0.3) is 0 Å². The van der Waals surface area contributed by atoms with E-state index in [9.17, 15) is 24.7 Å². The highest BCUT2D eigenvalue weighted by molar-refractivity contribution is 6.59. The van der Waals surface area contributed by atoms with Gasteiger partial charge in [0.2, 0.25) is 5.91 Å². The zero-order valence-electron chi connectivity index (χ0n) is 16.3. The molecular weight excluding hydrogens is 395 g/mol. The monoisotopic (exact) mass is 417 g/mol. The highest BCUT2D eigenvalue weighted by atomic mass is 16.6. The average Bonchev–Trinajstić information content (AvgIpc) is 3.08. The number of likely N-dealkylation sites (tertiary alicyclic amines) is 1. The SMILES string of the molecule is Cn1cnc(C(N)C(=O)N2CC(Oc3ccc4c(c3C(=O)O)O[B-](O)(O)CC4)C2)c1. The van der Waals surface area contributed by atoms with Crippen molar-refractivity contribution in [3.63, 3.8) is 0 Å². The van der Waals surface area contributed by atoms with Crippen LogP contribution in [0.4, 0.5) is 0 Å². The molecule has 1 aromatic carbocycles. The molecular formula is C18H22BN4O7-. The molecule has 2 aromatic rings. The van der Waals surface area contributed by atoms with Crippen molar-refractivity contribution < 1.29 is 34.1 Å². The second-order valence-corrected chi connectivity index (χ2v) is 7.67. The van der Waals surface area contributed by atoms with E-state index in [1.54, 1.807) is 30.2 Å². The molecule has 3 heterocycles. The van der Waals surface area contributed by atoms with Gasteiger partial charge in [0.1, 0.15) is 23.5 Å². The number of nitrogens with zero attached hydrogens (tertiary/aromatic N) is 3. The third kappa shape index (κ3) is 3.72. The van der Waals surface area contributed by atoms with Gasteiger partial charge in [0, 0.05) is 13.2 Å². The van der Waals surface area contributed by atoms with Crippen LogP contribution in [0.15, 0.2) is 24.7 Å². The van der Waals surface area contributed by atoms with Gasteiger partial charge in [-0.3, -0.25) is 4.79 Å². The molecule has 160 valence electrons. The maximum Gasteiger partial charge on any atom is 0.430 e. The number of ether oxygens (including phenoxy) is 1. The van der Waals surface area contributed by atoms with Crippen molar-refractivity contribution in [3.8, 4) is 11.5 Å². The van der Waals surface area contributed by atoms with E-state index in [0.717, 1.165) is 0 Å². The number of carbonyl (C=O) groups is 2. The number of aromatic nitrogens is 2. The third-order valence-electron chi connectivity index (χ3n) is 5.27. The Morgan fingerprint density at radius 1 is 1.37 bits per heavy atom. The summed E-state index contributed by atoms with van der Waals surface area (Å²) in [6.45, 7) is -2.63. The predicted octanol–water partition coefficient (Wildman–Crippen LogP) is -0.734. The van der Waals surface area contributed by atoms with Crippen molar-refractivity contribution in [3.05, 3.63) is 41.5 Å². The minimum Gasteiger partial charge on any atom is -0.669 e. The largest absolute Gasteiger partial charge is 0.669 e. The van der Waals surface area contributed by atoms with Crippen LogP contribution in [-0.4, -0.2) is 67.4 Å². The highest BCUT2D eigenvalue weighted by Crippen LogP contribution is 2.39. The number of aryl methyl sites for hydroxylation is 2. The van der Waals surface area contributed by atoms with E-state index in [1.807, 2.05) is 0 Å². The van der Waals surface area contributed by atoms with Gasteiger partial charge in [-0.15, -0.1) is 0 Å². The van der Waals surface area contributed by atoms with Crippen molar-refractivity contribution in [2.75, 3.05) is 13.1 Å². The summed E-state index contributed by atoms with van der Waals surface area (Å²) in [4.78, 5) is 29.9. The fourth-order valence-corrected chi connectivity index (χ4v) is 3.62. The Hall–Kier alpha value is -3.09. The Morgan fingerprint density at radius 3 is 2.73 bits per heavy atom. The van der Waals surface area contributed by atoms with Crippen LogP contribution in [0.25, 0.3) is 0 Å². The molecule has 1 atom stereocenters. The number of carbonyl (C=O) groups excluding carboxylic acids is 1. The molecule has 1 aromatic heterocycles. The number of amides is 1. The van der Waals surface area contributed by atoms with E-state index in [2.05, 4.69) is 4.98 Å². The van der Waals surface area contributed by atoms with Gasteiger partial charge in [-0.25, -0.2) is 9.78 Å². The summed E-state index contributed by atoms with van der Waals surface area (Å²) in [5.74, 6) is -1.66. The van der Waals surface area contributed by atoms with Gasteiger partial charge < -0.3 is 39.7 Å². The normalized spacial score (nSPS) is 18.7. The lowest BCUT2D eigenvalue weighted by molar-refractivity contribution is -0.141. The molecule has 11 nitrogen and oxygen atoms in total. The lowest BCUT2D eigenvalue weighted by atomic mass is 9.70. The molecule has 0 radical (unpaired) electrons. The van der Waals surface area contributed by atoms with Crippen LogP contribution in [0.1, 0.15) is 27.7 Å². The molecule has 1 saturated heterocycles. The van der Waals surface area contributed by atoms with Crippen LogP contribution in [-0.2, 0) is 18.3 Å². The Morgan fingerprint density at radius 2 is 2.10 bits per heavy atom. The zero-order valence-corrected chi connectivity index (χ0v) is 16.3. The van der Waals surface area contributed by atoms with Crippen LogP contribution < -0.4 is 15.1 Å². The van der Waals surface area contributed by atoms with E-state index in [0.29, 0.717) is 11.3 Å². The van der Waals surface area contributed by atoms with E-state index in [1.165, 1.54) is 11.0 Å². The van der Waals surface area contributed by atoms with Gasteiger partial charge >= 0.3 is 12.7 Å². The second-order valence-electron chi connectivity index (χ2n) is 7.67. The maximum atomic E-state index is 12.5. The Kier molecular flexibility index (Phi) is 4.92. The number of carboxylic acid groups (broad SMARTS) is 1. The van der Waals surface area contributed by atoms with Crippen molar-refractivity contribution in [2.45, 2.75) is 24.9 Å². The average molecular weight is 417 g/mol. The molecule has 5 N–H and O–H groups in total. The first-order chi connectivity index (χ1) is 14.1. The number of hydrogen-bond donors (Lipinski definition) is 4. The number of rotatable bonds is 5. The molecule has 2 aliphatic rings. The number of imidazole rings is 1. The number of carboxylic acids is 1. The molecule has 2 aliphatic heterocycles. The number of nitrogens with two attached hydrogens (primary N) is 1. The summed E-state index contributed by atoms with van der Waals surface area (Å²) in [6, 6.07) is 2.27. The van der Waals surface area contributed by atoms with Crippen LogP contribution in [0, 0.1) is 0 Å². The Bertz CT molecular complexity index is 1000. The molecule has 1 fully saturated rings. The van der Waals surface area contributed by atoms with Crippen molar-refractivity contribution in [1.82, 2.24) is 14.5 Å². The smallest absolute Gasteiger partial charge is 0.430 e. The minimum absolute atomic E-state index is 0.0114. The highest BCUT2D eigenvalue weighted by Gasteiger charge is 2.38. The molecule has 0 bridgehead atoms. The first-order valence-corrected chi connectivity index (χ1v) is 9.52. The van der Waals surface area contributed by atoms with Crippen LogP contribution in [0.2, 0.25) is 6.32 Å². The van der Waals surface area contributed by atoms with Gasteiger partial charge in [-0.2, -0.15) is 0 Å². The van der Waals surface area contributed by atoms with Gasteiger partial charge in [-0.05, 0) is 18.1 Å². The maximum absolute atomic E-state index is 12.5. The molecule has 0 aliphatic carbocycles. The molecule has 12 heteroatoms. The van der Waals surface area contributed by atoms with Gasteiger partial charge in [-0.1, -0.05) is 12.4 Å². The fourth-order valence-electron chi connectivity index (χ4n) is 3.62. The first-order valence-electron chi connectivity index (χ1n) is 9.52. The van der Waals surface area contributed by atoms with Gasteiger partial charge in [0.15, 0.2) is 0 Å². The summed E-state index contributed by atoms with van der Waals surface area (Å²) < 4.78 is 12.6. The second kappa shape index (κ2) is 7.31. The number of hydrogen-bond acceptors (Lipinski definition) is 8. The fraction of sp³-hybridized carbons (Fsp3) is 0.389. The lowest BCUT2D eigenvalue weighted by Gasteiger charge is -2.41. The topological polar surface area (TPSA) is 160 Å². The first kappa shape index (κ1) is 20.2. The minimum atomic E-state index is -3.11. The van der Waals surface area contributed by atoms with E-state index < -0.39 is 24.9 Å². The number of fused-ring (bicyclic) bond motifs is 1. The number of aromatic carboxylic acids is 1. The summed E-state index contributed by atoms with van der Waals surface area (Å²) in [5.41, 5.74) is 6.74. The summed E-state index contributed by atoms with van der Waals surface area (Å²) in [6.07, 6.45) is 3.07. The predicted molar refractivity (Wildman–Crippen MR) is 104 cm³/mol.